The number of hydrogen-bond acceptors (Lipinski definition) is 1. The number of para-hydroxylation sites is 1. The smallest absolute Gasteiger partial charge is 0.122 e. The van der Waals surface area contributed by atoms with Crippen molar-refractivity contribution in [3.63, 3.8) is 0 Å². The SMILES string of the molecule is C=CCOc1ccccc1CC.CC. The van der Waals surface area contributed by atoms with Crippen molar-refractivity contribution in [2.45, 2.75) is 27.2 Å². The van der Waals surface area contributed by atoms with Gasteiger partial charge in [-0.05, 0) is 18.1 Å². The highest BCUT2D eigenvalue weighted by Crippen LogP contribution is 2.17. The Labute approximate surface area is 87.4 Å². The van der Waals surface area contributed by atoms with E-state index >= 15 is 0 Å². The monoisotopic (exact) mass is 192 g/mol. The third-order valence-corrected chi connectivity index (χ3v) is 1.71. The van der Waals surface area contributed by atoms with Crippen LogP contribution in [0.2, 0.25) is 0 Å². The highest BCUT2D eigenvalue weighted by molar-refractivity contribution is 5.33. The molecule has 1 rings (SSSR count). The molecule has 1 aromatic rings. The number of benzene rings is 1. The molecule has 0 amide bonds. The van der Waals surface area contributed by atoms with Gasteiger partial charge in [0.2, 0.25) is 0 Å². The first kappa shape index (κ1) is 12.8. The third-order valence-electron chi connectivity index (χ3n) is 1.71. The van der Waals surface area contributed by atoms with Crippen LogP contribution in [-0.4, -0.2) is 6.61 Å². The molecule has 0 fully saturated rings. The Hall–Kier alpha value is -1.24. The molecule has 0 radical (unpaired) electrons. The first-order chi connectivity index (χ1) is 6.88. The molecule has 0 bridgehead atoms. The maximum Gasteiger partial charge on any atom is 0.122 e. The molecule has 0 aliphatic carbocycles. The predicted molar refractivity (Wildman–Crippen MR) is 62.9 cm³/mol. The normalized spacial score (nSPS) is 8.50. The summed E-state index contributed by atoms with van der Waals surface area (Å²) >= 11 is 0. The lowest BCUT2D eigenvalue weighted by Crippen LogP contribution is -1.95. The molecule has 0 aliphatic heterocycles. The highest BCUT2D eigenvalue weighted by Gasteiger charge is 1.97. The molecular formula is C13H20O. The molecule has 1 heteroatoms. The summed E-state index contributed by atoms with van der Waals surface area (Å²) in [4.78, 5) is 0. The van der Waals surface area contributed by atoms with Crippen molar-refractivity contribution in [3.05, 3.63) is 42.5 Å². The van der Waals surface area contributed by atoms with Gasteiger partial charge in [0.15, 0.2) is 0 Å². The van der Waals surface area contributed by atoms with Gasteiger partial charge in [-0.1, -0.05) is 51.6 Å². The van der Waals surface area contributed by atoms with Crippen LogP contribution in [0.5, 0.6) is 5.75 Å². The van der Waals surface area contributed by atoms with Crippen molar-refractivity contribution >= 4 is 0 Å². The summed E-state index contributed by atoms with van der Waals surface area (Å²) in [6.45, 7) is 10.3. The summed E-state index contributed by atoms with van der Waals surface area (Å²) < 4.78 is 5.46. The van der Waals surface area contributed by atoms with E-state index in [0.29, 0.717) is 6.61 Å². The summed E-state index contributed by atoms with van der Waals surface area (Å²) in [7, 11) is 0. The Morgan fingerprint density at radius 3 is 2.50 bits per heavy atom. The van der Waals surface area contributed by atoms with Crippen molar-refractivity contribution < 1.29 is 4.74 Å². The zero-order chi connectivity index (χ0) is 10.8. The van der Waals surface area contributed by atoms with E-state index in [1.54, 1.807) is 6.08 Å². The van der Waals surface area contributed by atoms with Crippen LogP contribution < -0.4 is 4.74 Å². The summed E-state index contributed by atoms with van der Waals surface area (Å²) in [6.07, 6.45) is 2.76. The number of aryl methyl sites for hydroxylation is 1. The lowest BCUT2D eigenvalue weighted by molar-refractivity contribution is 0.359. The van der Waals surface area contributed by atoms with E-state index in [9.17, 15) is 0 Å². The van der Waals surface area contributed by atoms with Crippen LogP contribution in [0, 0.1) is 0 Å². The van der Waals surface area contributed by atoms with Gasteiger partial charge in [0, 0.05) is 0 Å². The number of hydrogen-bond donors (Lipinski definition) is 0. The van der Waals surface area contributed by atoms with E-state index in [1.165, 1.54) is 5.56 Å². The summed E-state index contributed by atoms with van der Waals surface area (Å²) in [5, 5.41) is 0. The molecule has 14 heavy (non-hydrogen) atoms. The second-order valence-corrected chi connectivity index (χ2v) is 2.56. The molecule has 0 spiro atoms. The van der Waals surface area contributed by atoms with Crippen LogP contribution >= 0.6 is 0 Å². The molecule has 1 aromatic carbocycles. The van der Waals surface area contributed by atoms with Gasteiger partial charge in [-0.25, -0.2) is 0 Å². The van der Waals surface area contributed by atoms with Gasteiger partial charge >= 0.3 is 0 Å². The second-order valence-electron chi connectivity index (χ2n) is 2.56. The Morgan fingerprint density at radius 1 is 1.29 bits per heavy atom. The number of ether oxygens (including phenoxy) is 1. The van der Waals surface area contributed by atoms with Crippen molar-refractivity contribution in [1.82, 2.24) is 0 Å². The molecule has 0 atom stereocenters. The van der Waals surface area contributed by atoms with Gasteiger partial charge in [-0.15, -0.1) is 0 Å². The van der Waals surface area contributed by atoms with Gasteiger partial charge in [-0.2, -0.15) is 0 Å². The van der Waals surface area contributed by atoms with Gasteiger partial charge in [-0.3, -0.25) is 0 Å². The highest BCUT2D eigenvalue weighted by atomic mass is 16.5. The van der Waals surface area contributed by atoms with E-state index in [0.717, 1.165) is 12.2 Å². The molecule has 1 nitrogen and oxygen atoms in total. The summed E-state index contributed by atoms with van der Waals surface area (Å²) in [6, 6.07) is 8.08. The molecule has 0 heterocycles. The zero-order valence-electron chi connectivity index (χ0n) is 9.42. The standard InChI is InChI=1S/C11H14O.C2H6/c1-3-9-12-11-8-6-5-7-10(11)4-2;1-2/h3,5-8H,1,4,9H2,2H3;1-2H3. The first-order valence-electron chi connectivity index (χ1n) is 5.20. The predicted octanol–water partition coefficient (Wildman–Crippen LogP) is 3.84. The molecule has 78 valence electrons. The van der Waals surface area contributed by atoms with Crippen molar-refractivity contribution in [2.75, 3.05) is 6.61 Å². The van der Waals surface area contributed by atoms with Gasteiger partial charge in [0.05, 0.1) is 0 Å². The maximum absolute atomic E-state index is 5.46. The first-order valence-corrected chi connectivity index (χ1v) is 5.20. The maximum atomic E-state index is 5.46. The fourth-order valence-corrected chi connectivity index (χ4v) is 1.09. The van der Waals surface area contributed by atoms with Crippen molar-refractivity contribution in [1.29, 1.82) is 0 Å². The molecule has 0 saturated heterocycles. The molecule has 0 saturated carbocycles. The lowest BCUT2D eigenvalue weighted by Gasteiger charge is -2.07. The Bertz CT molecular complexity index is 253. The van der Waals surface area contributed by atoms with Crippen LogP contribution in [0.3, 0.4) is 0 Å². The summed E-state index contributed by atoms with van der Waals surface area (Å²) in [5.41, 5.74) is 1.25. The third kappa shape index (κ3) is 4.13. The van der Waals surface area contributed by atoms with Gasteiger partial charge < -0.3 is 4.74 Å². The zero-order valence-corrected chi connectivity index (χ0v) is 9.42. The van der Waals surface area contributed by atoms with E-state index < -0.39 is 0 Å². The van der Waals surface area contributed by atoms with E-state index in [4.69, 9.17) is 4.74 Å². The largest absolute Gasteiger partial charge is 0.489 e. The lowest BCUT2D eigenvalue weighted by atomic mass is 10.1. The summed E-state index contributed by atoms with van der Waals surface area (Å²) in [5.74, 6) is 0.972. The molecular weight excluding hydrogens is 172 g/mol. The van der Waals surface area contributed by atoms with Crippen LogP contribution in [0.1, 0.15) is 26.3 Å². The Balaban J connectivity index is 0.000000791. The van der Waals surface area contributed by atoms with Gasteiger partial charge in [0.1, 0.15) is 12.4 Å². The quantitative estimate of drug-likeness (QED) is 0.659. The fourth-order valence-electron chi connectivity index (χ4n) is 1.09. The van der Waals surface area contributed by atoms with Crippen LogP contribution in [0.4, 0.5) is 0 Å². The average molecular weight is 192 g/mol. The van der Waals surface area contributed by atoms with Crippen LogP contribution in [0.15, 0.2) is 36.9 Å². The van der Waals surface area contributed by atoms with Crippen LogP contribution in [-0.2, 0) is 6.42 Å². The minimum atomic E-state index is 0.580. The van der Waals surface area contributed by atoms with Crippen molar-refractivity contribution in [2.24, 2.45) is 0 Å². The van der Waals surface area contributed by atoms with E-state index in [-0.39, 0.29) is 0 Å². The Kier molecular flexibility index (Phi) is 7.62. The minimum Gasteiger partial charge on any atom is -0.489 e. The topological polar surface area (TPSA) is 9.23 Å². The Morgan fingerprint density at radius 2 is 1.93 bits per heavy atom. The fraction of sp³-hybridized carbons (Fsp3) is 0.385. The number of rotatable bonds is 4. The van der Waals surface area contributed by atoms with Crippen LogP contribution in [0.25, 0.3) is 0 Å². The second kappa shape index (κ2) is 8.36. The molecule has 0 unspecified atom stereocenters. The van der Waals surface area contributed by atoms with Crippen molar-refractivity contribution in [3.8, 4) is 5.75 Å². The molecule has 0 aliphatic rings. The van der Waals surface area contributed by atoms with E-state index in [2.05, 4.69) is 19.6 Å². The molecule has 0 N–H and O–H groups in total. The van der Waals surface area contributed by atoms with E-state index in [1.807, 2.05) is 32.0 Å². The minimum absolute atomic E-state index is 0.580. The molecule has 0 aromatic heterocycles. The van der Waals surface area contributed by atoms with Gasteiger partial charge in [0.25, 0.3) is 0 Å². The average Bonchev–Trinajstić information content (AvgIpc) is 2.29.